The Labute approximate surface area is 189 Å². The van der Waals surface area contributed by atoms with Crippen molar-refractivity contribution in [2.45, 2.75) is 12.0 Å². The van der Waals surface area contributed by atoms with E-state index in [1.165, 1.54) is 13.3 Å². The first-order valence-electron chi connectivity index (χ1n) is 9.49. The summed E-state index contributed by atoms with van der Waals surface area (Å²) in [6, 6.07) is 18.7. The molecule has 1 atom stereocenters. The fourth-order valence-electron chi connectivity index (χ4n) is 3.15. The van der Waals surface area contributed by atoms with Gasteiger partial charge in [0.05, 0.1) is 29.3 Å². The van der Waals surface area contributed by atoms with Crippen molar-refractivity contribution in [3.05, 3.63) is 100 Å². The lowest BCUT2D eigenvalue weighted by Crippen LogP contribution is -2.04. The minimum atomic E-state index is -0.499. The number of hydrogen-bond acceptors (Lipinski definition) is 5. The van der Waals surface area contributed by atoms with E-state index in [0.717, 1.165) is 22.2 Å². The number of fused-ring (bicyclic) bond motifs is 1. The normalized spacial score (nSPS) is 11.8. The van der Waals surface area contributed by atoms with Gasteiger partial charge >= 0.3 is 5.97 Å². The minimum Gasteiger partial charge on any atom is -0.487 e. The van der Waals surface area contributed by atoms with Gasteiger partial charge in [-0.2, -0.15) is 0 Å². The quantitative estimate of drug-likeness (QED) is 0.266. The van der Waals surface area contributed by atoms with Crippen LogP contribution in [0.1, 0.15) is 32.6 Å². The number of carbonyl (C=O) groups is 1. The molecule has 4 aromatic rings. The third-order valence-electron chi connectivity index (χ3n) is 4.72. The first-order valence-corrected chi connectivity index (χ1v) is 10.3. The summed E-state index contributed by atoms with van der Waals surface area (Å²) in [6.45, 7) is 0.304. The minimum absolute atomic E-state index is 0.304. The van der Waals surface area contributed by atoms with Gasteiger partial charge in [-0.25, -0.2) is 9.78 Å². The zero-order valence-electron chi connectivity index (χ0n) is 16.6. The molecule has 4 rings (SSSR count). The number of rotatable bonds is 6. The highest BCUT2D eigenvalue weighted by molar-refractivity contribution is 6.31. The molecule has 156 valence electrons. The number of alkyl halides is 1. The highest BCUT2D eigenvalue weighted by Crippen LogP contribution is 2.31. The topological polar surface area (TPSA) is 61.3 Å². The maximum absolute atomic E-state index is 11.8. The van der Waals surface area contributed by atoms with Gasteiger partial charge in [-0.3, -0.25) is 4.98 Å². The van der Waals surface area contributed by atoms with Crippen molar-refractivity contribution >= 4 is 40.1 Å². The number of aromatic nitrogens is 2. The molecule has 1 unspecified atom stereocenters. The Morgan fingerprint density at radius 3 is 2.71 bits per heavy atom. The van der Waals surface area contributed by atoms with Gasteiger partial charge in [-0.15, -0.1) is 11.6 Å². The molecule has 2 heterocycles. The number of halogens is 2. The van der Waals surface area contributed by atoms with Crippen LogP contribution in [0.2, 0.25) is 5.02 Å². The van der Waals surface area contributed by atoms with Gasteiger partial charge in [-0.1, -0.05) is 35.9 Å². The Morgan fingerprint density at radius 2 is 1.87 bits per heavy atom. The summed E-state index contributed by atoms with van der Waals surface area (Å²) in [6.07, 6.45) is 3.07. The second-order valence-corrected chi connectivity index (χ2v) is 7.73. The molecule has 0 radical (unpaired) electrons. The van der Waals surface area contributed by atoms with Crippen LogP contribution in [0.3, 0.4) is 0 Å². The average Bonchev–Trinajstić information content (AvgIpc) is 2.81. The predicted molar refractivity (Wildman–Crippen MR) is 121 cm³/mol. The molecule has 0 saturated heterocycles. The number of pyridine rings is 2. The molecule has 0 amide bonds. The SMILES string of the molecule is COC(=O)c1cncc(C(Cl)c2cccc(OCc3ccc4ccc(Cl)cc4n3)c2)c1. The number of hydrogen-bond donors (Lipinski definition) is 0. The first-order chi connectivity index (χ1) is 15.0. The maximum Gasteiger partial charge on any atom is 0.339 e. The Balaban J connectivity index is 1.50. The van der Waals surface area contributed by atoms with Crippen LogP contribution in [-0.4, -0.2) is 23.0 Å². The van der Waals surface area contributed by atoms with Crippen molar-refractivity contribution in [3.63, 3.8) is 0 Å². The Morgan fingerprint density at radius 1 is 1.03 bits per heavy atom. The third kappa shape index (κ3) is 4.95. The third-order valence-corrected chi connectivity index (χ3v) is 5.46. The van der Waals surface area contributed by atoms with Gasteiger partial charge in [0.2, 0.25) is 0 Å². The van der Waals surface area contributed by atoms with E-state index >= 15 is 0 Å². The van der Waals surface area contributed by atoms with Crippen LogP contribution in [0.25, 0.3) is 10.9 Å². The lowest BCUT2D eigenvalue weighted by Gasteiger charge is -2.13. The Hall–Kier alpha value is -3.15. The van der Waals surface area contributed by atoms with E-state index in [1.807, 2.05) is 54.6 Å². The molecule has 0 N–H and O–H groups in total. The zero-order chi connectivity index (χ0) is 21.8. The summed E-state index contributed by atoms with van der Waals surface area (Å²) >= 11 is 12.7. The largest absolute Gasteiger partial charge is 0.487 e. The molecular formula is C24H18Cl2N2O3. The molecule has 5 nitrogen and oxygen atoms in total. The van der Waals surface area contributed by atoms with Crippen molar-refractivity contribution in [3.8, 4) is 5.75 Å². The van der Waals surface area contributed by atoms with Gasteiger partial charge < -0.3 is 9.47 Å². The van der Waals surface area contributed by atoms with Gasteiger partial charge in [-0.05, 0) is 47.5 Å². The lowest BCUT2D eigenvalue weighted by atomic mass is 10.0. The van der Waals surface area contributed by atoms with Gasteiger partial charge in [0.1, 0.15) is 12.4 Å². The van der Waals surface area contributed by atoms with E-state index in [2.05, 4.69) is 9.97 Å². The molecule has 7 heteroatoms. The van der Waals surface area contributed by atoms with Crippen LogP contribution in [0.4, 0.5) is 0 Å². The Bertz CT molecular complexity index is 1250. The number of nitrogens with zero attached hydrogens (tertiary/aromatic N) is 2. The van der Waals surface area contributed by atoms with Crippen LogP contribution >= 0.6 is 23.2 Å². The summed E-state index contributed by atoms with van der Waals surface area (Å²) in [5.74, 6) is 0.202. The van der Waals surface area contributed by atoms with Crippen molar-refractivity contribution in [1.82, 2.24) is 9.97 Å². The highest BCUT2D eigenvalue weighted by Gasteiger charge is 2.15. The van der Waals surface area contributed by atoms with E-state index in [4.69, 9.17) is 32.7 Å². The molecule has 31 heavy (non-hydrogen) atoms. The second-order valence-electron chi connectivity index (χ2n) is 6.86. The number of methoxy groups -OCH3 is 1. The number of carbonyl (C=O) groups excluding carboxylic acids is 1. The van der Waals surface area contributed by atoms with Crippen molar-refractivity contribution in [2.75, 3.05) is 7.11 Å². The molecule has 0 saturated carbocycles. The lowest BCUT2D eigenvalue weighted by molar-refractivity contribution is 0.0600. The second kappa shape index (κ2) is 9.33. The molecule has 2 aromatic carbocycles. The maximum atomic E-state index is 11.8. The van der Waals surface area contributed by atoms with E-state index in [1.54, 1.807) is 12.3 Å². The standard InChI is InChI=1S/C24H18Cl2N2O3/c1-30-24(29)18-9-17(12-27-13-18)23(26)16-3-2-4-21(10-16)31-14-20-8-6-15-5-7-19(25)11-22(15)28-20/h2-13,23H,14H2,1H3. The number of esters is 1. The first kappa shape index (κ1) is 21.1. The van der Waals surface area contributed by atoms with Crippen LogP contribution in [0.15, 0.2) is 73.1 Å². The summed E-state index contributed by atoms with van der Waals surface area (Å²) in [5.41, 5.74) is 3.47. The molecule has 2 aromatic heterocycles. The fraction of sp³-hybridized carbons (Fsp3) is 0.125. The van der Waals surface area contributed by atoms with Gasteiger partial charge in [0.15, 0.2) is 0 Å². The molecule has 0 bridgehead atoms. The van der Waals surface area contributed by atoms with Crippen molar-refractivity contribution < 1.29 is 14.3 Å². The average molecular weight is 453 g/mol. The van der Waals surface area contributed by atoms with Crippen molar-refractivity contribution in [1.29, 1.82) is 0 Å². The van der Waals surface area contributed by atoms with Crippen molar-refractivity contribution in [2.24, 2.45) is 0 Å². The highest BCUT2D eigenvalue weighted by atomic mass is 35.5. The van der Waals surface area contributed by atoms with E-state index in [0.29, 0.717) is 28.5 Å². The van der Waals surface area contributed by atoms with Gasteiger partial charge in [0, 0.05) is 22.8 Å². The summed E-state index contributed by atoms with van der Waals surface area (Å²) < 4.78 is 10.7. The molecule has 0 aliphatic rings. The van der Waals surface area contributed by atoms with E-state index < -0.39 is 11.3 Å². The fourth-order valence-corrected chi connectivity index (χ4v) is 3.57. The molecular weight excluding hydrogens is 435 g/mol. The van der Waals surface area contributed by atoms with Crippen LogP contribution < -0.4 is 4.74 Å². The monoisotopic (exact) mass is 452 g/mol. The molecule has 0 aliphatic carbocycles. The summed E-state index contributed by atoms with van der Waals surface area (Å²) in [7, 11) is 1.33. The van der Waals surface area contributed by atoms with Crippen LogP contribution in [-0.2, 0) is 11.3 Å². The summed E-state index contributed by atoms with van der Waals surface area (Å²) in [4.78, 5) is 20.5. The van der Waals surface area contributed by atoms with Crippen LogP contribution in [0, 0.1) is 0 Å². The van der Waals surface area contributed by atoms with E-state index in [-0.39, 0.29) is 0 Å². The zero-order valence-corrected chi connectivity index (χ0v) is 18.1. The van der Waals surface area contributed by atoms with Gasteiger partial charge in [0.25, 0.3) is 0 Å². The smallest absolute Gasteiger partial charge is 0.339 e. The predicted octanol–water partition coefficient (Wildman–Crippen LogP) is 5.98. The van der Waals surface area contributed by atoms with E-state index in [9.17, 15) is 4.79 Å². The molecule has 0 spiro atoms. The molecule has 0 aliphatic heterocycles. The number of benzene rings is 2. The summed E-state index contributed by atoms with van der Waals surface area (Å²) in [5, 5.41) is 1.16. The Kier molecular flexibility index (Phi) is 6.35. The number of ether oxygens (including phenoxy) is 2. The van der Waals surface area contributed by atoms with Crippen LogP contribution in [0.5, 0.6) is 5.75 Å². The molecule has 0 fully saturated rings.